The maximum Gasteiger partial charge on any atom is 0.115 e. The molecule has 3 rings (SSSR count). The van der Waals surface area contributed by atoms with Gasteiger partial charge in [-0.1, -0.05) is 42.1 Å². The van der Waals surface area contributed by atoms with Gasteiger partial charge in [-0.05, 0) is 31.4 Å². The predicted octanol–water partition coefficient (Wildman–Crippen LogP) is 2.78. The molecular weight excluding hydrogens is 302 g/mol. The lowest BCUT2D eigenvalue weighted by molar-refractivity contribution is -0.902. The van der Waals surface area contributed by atoms with E-state index in [1.807, 2.05) is 30.3 Å². The van der Waals surface area contributed by atoms with E-state index >= 15 is 0 Å². The number of piperidine rings is 1. The molecule has 1 aromatic heterocycles. The summed E-state index contributed by atoms with van der Waals surface area (Å²) in [5, 5.41) is 10.2. The van der Waals surface area contributed by atoms with Gasteiger partial charge in [0.25, 0.3) is 0 Å². The van der Waals surface area contributed by atoms with Crippen LogP contribution in [-0.2, 0) is 0 Å². The van der Waals surface area contributed by atoms with Gasteiger partial charge in [-0.25, -0.2) is 4.98 Å². The van der Waals surface area contributed by atoms with Gasteiger partial charge in [0, 0.05) is 11.3 Å². The predicted molar refractivity (Wildman–Crippen MR) is 94.5 cm³/mol. The number of pyridine rings is 1. The Labute approximate surface area is 142 Å². The minimum atomic E-state index is 0.684. The van der Waals surface area contributed by atoms with E-state index in [9.17, 15) is 5.26 Å². The van der Waals surface area contributed by atoms with E-state index in [2.05, 4.69) is 18.2 Å². The Morgan fingerprint density at radius 2 is 1.83 bits per heavy atom. The number of nitrogens with one attached hydrogen (secondary N) is 1. The summed E-state index contributed by atoms with van der Waals surface area (Å²) in [6, 6.07) is 16.3. The Balaban J connectivity index is 1.68. The van der Waals surface area contributed by atoms with Gasteiger partial charge >= 0.3 is 0 Å². The highest BCUT2D eigenvalue weighted by atomic mass is 32.2. The maximum atomic E-state index is 9.32. The van der Waals surface area contributed by atoms with E-state index in [0.29, 0.717) is 5.56 Å². The molecule has 0 unspecified atom stereocenters. The molecule has 0 atom stereocenters. The van der Waals surface area contributed by atoms with Gasteiger partial charge in [0.15, 0.2) is 0 Å². The number of likely N-dealkylation sites (tertiary alicyclic amines) is 1. The molecule has 0 radical (unpaired) electrons. The third kappa shape index (κ3) is 4.34. The Morgan fingerprint density at radius 3 is 2.57 bits per heavy atom. The van der Waals surface area contributed by atoms with Crippen molar-refractivity contribution in [3.63, 3.8) is 0 Å². The number of aromatic nitrogens is 1. The van der Waals surface area contributed by atoms with Crippen LogP contribution in [-0.4, -0.2) is 30.4 Å². The van der Waals surface area contributed by atoms with Crippen LogP contribution in [0.3, 0.4) is 0 Å². The molecule has 0 aliphatic carbocycles. The summed E-state index contributed by atoms with van der Waals surface area (Å²) in [6.07, 6.45) is 4.09. The number of quaternary nitrogens is 1. The summed E-state index contributed by atoms with van der Waals surface area (Å²) >= 11 is 1.72. The average molecular weight is 324 g/mol. The molecule has 0 amide bonds. The van der Waals surface area contributed by atoms with Crippen molar-refractivity contribution in [3.05, 3.63) is 48.0 Å². The van der Waals surface area contributed by atoms with Crippen molar-refractivity contribution in [3.8, 4) is 17.3 Å². The maximum absolute atomic E-state index is 9.32. The molecule has 2 aromatic rings. The first-order valence-electron chi connectivity index (χ1n) is 8.30. The number of rotatable bonds is 5. The molecule has 1 saturated heterocycles. The van der Waals surface area contributed by atoms with Crippen LogP contribution in [0.1, 0.15) is 24.8 Å². The summed E-state index contributed by atoms with van der Waals surface area (Å²) < 4.78 is 0. The fourth-order valence-electron chi connectivity index (χ4n) is 3.00. The molecule has 2 heterocycles. The van der Waals surface area contributed by atoms with Crippen LogP contribution in [0.5, 0.6) is 0 Å². The third-order valence-corrected chi connectivity index (χ3v) is 5.30. The van der Waals surface area contributed by atoms with Gasteiger partial charge in [0.1, 0.15) is 11.1 Å². The summed E-state index contributed by atoms with van der Waals surface area (Å²) in [5.74, 6) is 1.02. The van der Waals surface area contributed by atoms with E-state index in [0.717, 1.165) is 28.6 Å². The zero-order chi connectivity index (χ0) is 15.9. The van der Waals surface area contributed by atoms with Crippen LogP contribution < -0.4 is 4.90 Å². The molecule has 3 nitrogen and oxygen atoms in total. The Morgan fingerprint density at radius 1 is 1.04 bits per heavy atom. The molecule has 0 saturated carbocycles. The summed E-state index contributed by atoms with van der Waals surface area (Å²) in [6.45, 7) is 3.75. The number of hydrogen-bond acceptors (Lipinski definition) is 3. The van der Waals surface area contributed by atoms with Crippen LogP contribution >= 0.6 is 11.8 Å². The number of nitriles is 1. The normalized spacial score (nSPS) is 15.3. The van der Waals surface area contributed by atoms with Gasteiger partial charge in [0.2, 0.25) is 0 Å². The quantitative estimate of drug-likeness (QED) is 0.860. The van der Waals surface area contributed by atoms with E-state index in [1.165, 1.54) is 32.4 Å². The first-order valence-corrected chi connectivity index (χ1v) is 9.28. The summed E-state index contributed by atoms with van der Waals surface area (Å²) in [5.41, 5.74) is 2.72. The van der Waals surface area contributed by atoms with Crippen molar-refractivity contribution >= 4 is 11.8 Å². The minimum Gasteiger partial charge on any atom is -0.334 e. The first kappa shape index (κ1) is 16.0. The molecule has 1 fully saturated rings. The summed E-state index contributed by atoms with van der Waals surface area (Å²) in [7, 11) is 0. The third-order valence-electron chi connectivity index (χ3n) is 4.31. The topological polar surface area (TPSA) is 41.1 Å². The SMILES string of the molecule is N#Cc1ccc(-c2ccccc2)nc1SCC[NH+]1CCCCC1. The molecule has 0 bridgehead atoms. The van der Waals surface area contributed by atoms with Gasteiger partial charge in [-0.15, -0.1) is 0 Å². The van der Waals surface area contributed by atoms with E-state index in [4.69, 9.17) is 4.98 Å². The largest absolute Gasteiger partial charge is 0.334 e. The Kier molecular flexibility index (Phi) is 5.68. The van der Waals surface area contributed by atoms with Crippen LogP contribution in [0, 0.1) is 11.3 Å². The van der Waals surface area contributed by atoms with Gasteiger partial charge in [-0.3, -0.25) is 0 Å². The standard InChI is InChI=1S/C19H21N3S/c20-15-17-9-10-18(16-7-3-1-4-8-16)21-19(17)23-14-13-22-11-5-2-6-12-22/h1,3-4,7-10H,2,5-6,11-14H2/p+1. The van der Waals surface area contributed by atoms with Crippen molar-refractivity contribution in [1.82, 2.24) is 4.98 Å². The van der Waals surface area contributed by atoms with E-state index in [1.54, 1.807) is 16.7 Å². The number of benzene rings is 1. The second-order valence-electron chi connectivity index (χ2n) is 5.94. The molecule has 0 spiro atoms. The molecule has 118 valence electrons. The van der Waals surface area contributed by atoms with Crippen molar-refractivity contribution in [1.29, 1.82) is 5.26 Å². The van der Waals surface area contributed by atoms with E-state index in [-0.39, 0.29) is 0 Å². The Hall–Kier alpha value is -1.83. The highest BCUT2D eigenvalue weighted by Gasteiger charge is 2.14. The fraction of sp³-hybridized carbons (Fsp3) is 0.368. The van der Waals surface area contributed by atoms with Gasteiger partial charge < -0.3 is 4.90 Å². The smallest absolute Gasteiger partial charge is 0.115 e. The highest BCUT2D eigenvalue weighted by molar-refractivity contribution is 7.99. The molecule has 23 heavy (non-hydrogen) atoms. The lowest BCUT2D eigenvalue weighted by Gasteiger charge is -2.23. The lowest BCUT2D eigenvalue weighted by Crippen LogP contribution is -3.13. The van der Waals surface area contributed by atoms with Gasteiger partial charge in [-0.2, -0.15) is 5.26 Å². The van der Waals surface area contributed by atoms with Crippen LogP contribution in [0.2, 0.25) is 0 Å². The molecule has 1 aliphatic rings. The van der Waals surface area contributed by atoms with Crippen molar-refractivity contribution < 1.29 is 4.90 Å². The second-order valence-corrected chi connectivity index (χ2v) is 7.02. The van der Waals surface area contributed by atoms with Gasteiger partial charge in [0.05, 0.1) is 30.9 Å². The van der Waals surface area contributed by atoms with Crippen molar-refractivity contribution in [2.75, 3.05) is 25.4 Å². The number of thioether (sulfide) groups is 1. The second kappa shape index (κ2) is 8.14. The zero-order valence-electron chi connectivity index (χ0n) is 13.3. The molecule has 1 N–H and O–H groups in total. The molecular formula is C19H22N3S+. The number of nitrogens with zero attached hydrogens (tertiary/aromatic N) is 2. The number of hydrogen-bond donors (Lipinski definition) is 1. The molecule has 1 aromatic carbocycles. The zero-order valence-corrected chi connectivity index (χ0v) is 14.1. The van der Waals surface area contributed by atoms with Crippen LogP contribution in [0.4, 0.5) is 0 Å². The summed E-state index contributed by atoms with van der Waals surface area (Å²) in [4.78, 5) is 6.42. The monoisotopic (exact) mass is 324 g/mol. The van der Waals surface area contributed by atoms with Crippen LogP contribution in [0.25, 0.3) is 11.3 Å². The van der Waals surface area contributed by atoms with Crippen LogP contribution in [0.15, 0.2) is 47.5 Å². The molecule has 4 heteroatoms. The lowest BCUT2D eigenvalue weighted by atomic mass is 10.1. The first-order chi connectivity index (χ1) is 11.4. The molecule has 1 aliphatic heterocycles. The van der Waals surface area contributed by atoms with Crippen molar-refractivity contribution in [2.24, 2.45) is 0 Å². The Bertz CT molecular complexity index is 673. The minimum absolute atomic E-state index is 0.684. The van der Waals surface area contributed by atoms with E-state index < -0.39 is 0 Å². The average Bonchev–Trinajstić information content (AvgIpc) is 2.63. The fourth-order valence-corrected chi connectivity index (χ4v) is 4.02. The van der Waals surface area contributed by atoms with Crippen molar-refractivity contribution in [2.45, 2.75) is 24.3 Å². The highest BCUT2D eigenvalue weighted by Crippen LogP contribution is 2.24.